The molecule has 1 heterocycles. The maximum absolute atomic E-state index is 13.8. The summed E-state index contributed by atoms with van der Waals surface area (Å²) in [6.45, 7) is -0.0327. The molecule has 0 fully saturated rings. The van der Waals surface area contributed by atoms with Crippen LogP contribution in [0.3, 0.4) is 0 Å². The van der Waals surface area contributed by atoms with E-state index in [-0.39, 0.29) is 18.1 Å². The number of halogens is 1. The summed E-state index contributed by atoms with van der Waals surface area (Å²) >= 11 is 0. The normalized spacial score (nSPS) is 10.5. The summed E-state index contributed by atoms with van der Waals surface area (Å²) < 4.78 is 24.8. The summed E-state index contributed by atoms with van der Waals surface area (Å²) in [6.07, 6.45) is 0. The third-order valence-electron chi connectivity index (χ3n) is 3.13. The van der Waals surface area contributed by atoms with E-state index in [4.69, 9.17) is 20.1 Å². The number of nitrogens with zero attached hydrogens (tertiary/aromatic N) is 1. The van der Waals surface area contributed by atoms with Gasteiger partial charge in [0.15, 0.2) is 11.6 Å². The molecule has 2 N–H and O–H groups in total. The van der Waals surface area contributed by atoms with Gasteiger partial charge in [-0.2, -0.15) is 5.26 Å². The molecule has 3 aromatic rings. The van der Waals surface area contributed by atoms with Crippen LogP contribution in [0.15, 0.2) is 46.9 Å². The van der Waals surface area contributed by atoms with E-state index in [1.54, 1.807) is 30.3 Å². The molecule has 0 atom stereocenters. The minimum Gasteiger partial charge on any atom is -0.483 e. The van der Waals surface area contributed by atoms with Gasteiger partial charge < -0.3 is 14.9 Å². The molecular formula is C16H11FN2O2. The molecule has 3 rings (SSSR count). The van der Waals surface area contributed by atoms with Gasteiger partial charge in [0.1, 0.15) is 18.3 Å². The number of rotatable bonds is 3. The lowest BCUT2D eigenvalue weighted by Gasteiger charge is -2.07. The van der Waals surface area contributed by atoms with E-state index in [2.05, 4.69) is 0 Å². The van der Waals surface area contributed by atoms with Crippen LogP contribution < -0.4 is 10.5 Å². The zero-order chi connectivity index (χ0) is 14.8. The fourth-order valence-electron chi connectivity index (χ4n) is 2.10. The number of para-hydroxylation sites is 1. The fourth-order valence-corrected chi connectivity index (χ4v) is 2.10. The molecule has 0 amide bonds. The highest BCUT2D eigenvalue weighted by molar-refractivity contribution is 5.86. The first kappa shape index (κ1) is 13.0. The Kier molecular flexibility index (Phi) is 3.20. The predicted molar refractivity (Wildman–Crippen MR) is 76.1 cm³/mol. The molecule has 0 unspecified atom stereocenters. The Bertz CT molecular complexity index is 849. The molecule has 0 radical (unpaired) electrons. The van der Waals surface area contributed by atoms with E-state index >= 15 is 0 Å². The van der Waals surface area contributed by atoms with Gasteiger partial charge in [-0.3, -0.25) is 0 Å². The van der Waals surface area contributed by atoms with Crippen molar-refractivity contribution in [2.24, 2.45) is 0 Å². The first-order valence-corrected chi connectivity index (χ1v) is 6.28. The molecule has 0 bridgehead atoms. The molecule has 104 valence electrons. The molecule has 0 aliphatic carbocycles. The molecule has 0 aliphatic heterocycles. The van der Waals surface area contributed by atoms with Gasteiger partial charge in [-0.1, -0.05) is 24.3 Å². The second-order valence-electron chi connectivity index (χ2n) is 4.48. The Hall–Kier alpha value is -3.00. The van der Waals surface area contributed by atoms with Gasteiger partial charge in [0.05, 0.1) is 11.1 Å². The first-order valence-electron chi connectivity index (χ1n) is 6.28. The minimum absolute atomic E-state index is 0.0327. The van der Waals surface area contributed by atoms with Crippen LogP contribution >= 0.6 is 0 Å². The zero-order valence-electron chi connectivity index (χ0n) is 11.0. The first-order chi connectivity index (χ1) is 10.2. The van der Waals surface area contributed by atoms with E-state index in [1.807, 2.05) is 12.1 Å². The van der Waals surface area contributed by atoms with Crippen LogP contribution in [0, 0.1) is 17.1 Å². The maximum atomic E-state index is 13.8. The molecule has 0 aliphatic rings. The number of ether oxygens (including phenoxy) is 1. The maximum Gasteiger partial charge on any atom is 0.246 e. The Morgan fingerprint density at radius 2 is 2.00 bits per heavy atom. The number of furan rings is 1. The van der Waals surface area contributed by atoms with Crippen molar-refractivity contribution >= 4 is 16.7 Å². The monoisotopic (exact) mass is 282 g/mol. The Morgan fingerprint density at radius 1 is 1.19 bits per heavy atom. The lowest BCUT2D eigenvalue weighted by Crippen LogP contribution is -2.01. The van der Waals surface area contributed by atoms with Gasteiger partial charge in [0, 0.05) is 5.56 Å². The minimum atomic E-state index is -0.510. The number of nitrogens with two attached hydrogens (primary N) is 1. The third kappa shape index (κ3) is 2.28. The van der Waals surface area contributed by atoms with Crippen molar-refractivity contribution in [2.45, 2.75) is 6.61 Å². The molecule has 4 nitrogen and oxygen atoms in total. The van der Waals surface area contributed by atoms with Gasteiger partial charge in [0.2, 0.25) is 5.76 Å². The quantitative estimate of drug-likeness (QED) is 0.745. The van der Waals surface area contributed by atoms with Crippen LogP contribution in [0.25, 0.3) is 11.0 Å². The predicted octanol–water partition coefficient (Wildman–Crippen LogP) is 3.60. The molecule has 1 aromatic heterocycles. The van der Waals surface area contributed by atoms with Crippen LogP contribution in [0.2, 0.25) is 0 Å². The highest BCUT2D eigenvalue weighted by Crippen LogP contribution is 2.33. The number of nitrogen functional groups attached to an aromatic ring is 1. The third-order valence-corrected chi connectivity index (χ3v) is 3.13. The van der Waals surface area contributed by atoms with Gasteiger partial charge >= 0.3 is 0 Å². The van der Waals surface area contributed by atoms with E-state index < -0.39 is 5.82 Å². The molecule has 5 heteroatoms. The van der Waals surface area contributed by atoms with Crippen LogP contribution in [0.1, 0.15) is 11.3 Å². The Morgan fingerprint density at radius 3 is 2.81 bits per heavy atom. The summed E-state index contributed by atoms with van der Waals surface area (Å²) in [6, 6.07) is 13.8. The van der Waals surface area contributed by atoms with E-state index in [0.717, 1.165) is 0 Å². The standard InChI is InChI=1S/C16H11FN2O2/c17-15-10(4-3-6-12(15)19)9-20-16-11-5-1-2-7-13(11)21-14(16)8-18/h1-7H,9,19H2. The van der Waals surface area contributed by atoms with Gasteiger partial charge in [-0.05, 0) is 18.2 Å². The van der Waals surface area contributed by atoms with E-state index in [1.165, 1.54) is 6.07 Å². The molecule has 0 saturated carbocycles. The summed E-state index contributed by atoms with van der Waals surface area (Å²) in [5.74, 6) is -0.126. The summed E-state index contributed by atoms with van der Waals surface area (Å²) in [4.78, 5) is 0. The van der Waals surface area contributed by atoms with Crippen molar-refractivity contribution in [1.29, 1.82) is 5.26 Å². The topological polar surface area (TPSA) is 72.2 Å². The van der Waals surface area contributed by atoms with Crippen molar-refractivity contribution in [3.05, 3.63) is 59.6 Å². The van der Waals surface area contributed by atoms with Crippen LogP contribution in [-0.4, -0.2) is 0 Å². The lowest BCUT2D eigenvalue weighted by atomic mass is 10.2. The van der Waals surface area contributed by atoms with Crippen LogP contribution in [-0.2, 0) is 6.61 Å². The highest BCUT2D eigenvalue weighted by Gasteiger charge is 2.16. The molecule has 0 saturated heterocycles. The average molecular weight is 282 g/mol. The van der Waals surface area contributed by atoms with Crippen LogP contribution in [0.5, 0.6) is 5.75 Å². The van der Waals surface area contributed by atoms with E-state index in [0.29, 0.717) is 22.3 Å². The van der Waals surface area contributed by atoms with Gasteiger partial charge in [0.25, 0.3) is 0 Å². The van der Waals surface area contributed by atoms with Crippen molar-refractivity contribution < 1.29 is 13.5 Å². The van der Waals surface area contributed by atoms with Crippen molar-refractivity contribution in [1.82, 2.24) is 0 Å². The second-order valence-corrected chi connectivity index (χ2v) is 4.48. The number of benzene rings is 2. The SMILES string of the molecule is N#Cc1oc2ccccc2c1OCc1cccc(N)c1F. The molecule has 0 spiro atoms. The second kappa shape index (κ2) is 5.17. The molecule has 2 aromatic carbocycles. The number of anilines is 1. The Labute approximate surface area is 120 Å². The van der Waals surface area contributed by atoms with Crippen molar-refractivity contribution in [2.75, 3.05) is 5.73 Å². The summed E-state index contributed by atoms with van der Waals surface area (Å²) in [5, 5.41) is 9.78. The largest absolute Gasteiger partial charge is 0.483 e. The molecular weight excluding hydrogens is 271 g/mol. The summed E-state index contributed by atoms with van der Waals surface area (Å²) in [7, 11) is 0. The Balaban J connectivity index is 1.95. The van der Waals surface area contributed by atoms with E-state index in [9.17, 15) is 4.39 Å². The van der Waals surface area contributed by atoms with Crippen LogP contribution in [0.4, 0.5) is 10.1 Å². The number of nitriles is 1. The highest BCUT2D eigenvalue weighted by atomic mass is 19.1. The molecule has 21 heavy (non-hydrogen) atoms. The zero-order valence-corrected chi connectivity index (χ0v) is 11.0. The van der Waals surface area contributed by atoms with Gasteiger partial charge in [-0.25, -0.2) is 4.39 Å². The number of hydrogen-bond acceptors (Lipinski definition) is 4. The number of hydrogen-bond donors (Lipinski definition) is 1. The van der Waals surface area contributed by atoms with Crippen molar-refractivity contribution in [3.8, 4) is 11.8 Å². The average Bonchev–Trinajstić information content (AvgIpc) is 2.86. The fraction of sp³-hybridized carbons (Fsp3) is 0.0625. The summed E-state index contributed by atoms with van der Waals surface area (Å²) in [5.41, 5.74) is 6.45. The lowest BCUT2D eigenvalue weighted by molar-refractivity contribution is 0.298. The number of fused-ring (bicyclic) bond motifs is 1. The van der Waals surface area contributed by atoms with Crippen molar-refractivity contribution in [3.63, 3.8) is 0 Å². The van der Waals surface area contributed by atoms with Gasteiger partial charge in [-0.15, -0.1) is 0 Å². The smallest absolute Gasteiger partial charge is 0.246 e.